The first kappa shape index (κ1) is 17.8. The van der Waals surface area contributed by atoms with Crippen molar-refractivity contribution in [1.82, 2.24) is 0 Å². The van der Waals surface area contributed by atoms with Gasteiger partial charge in [0.15, 0.2) is 0 Å². The standard InChI is InChI=1S/C23H18FNO3/c1-27-19-10-6-9-17(24)20(19)15-11-12-18-16(13-15)21(23(26)25-18)22(28-2)14-7-4-3-5-8-14/h3-13H,1-2H3,(H,25,26). The summed E-state index contributed by atoms with van der Waals surface area (Å²) in [5.74, 6) is 0.248. The molecule has 1 heterocycles. The minimum absolute atomic E-state index is 0.256. The largest absolute Gasteiger partial charge is 0.496 e. The summed E-state index contributed by atoms with van der Waals surface area (Å²) in [5.41, 5.74) is 3.49. The van der Waals surface area contributed by atoms with Gasteiger partial charge in [-0.15, -0.1) is 0 Å². The van der Waals surface area contributed by atoms with E-state index in [1.54, 1.807) is 30.3 Å². The van der Waals surface area contributed by atoms with Crippen LogP contribution in [0.2, 0.25) is 0 Å². The lowest BCUT2D eigenvalue weighted by Gasteiger charge is -2.12. The fourth-order valence-electron chi connectivity index (χ4n) is 3.46. The van der Waals surface area contributed by atoms with Crippen molar-refractivity contribution in [2.24, 2.45) is 0 Å². The predicted molar refractivity (Wildman–Crippen MR) is 107 cm³/mol. The molecular formula is C23H18FNO3. The van der Waals surface area contributed by atoms with Gasteiger partial charge in [-0.2, -0.15) is 0 Å². The van der Waals surface area contributed by atoms with Crippen LogP contribution in [-0.4, -0.2) is 20.1 Å². The Labute approximate surface area is 162 Å². The lowest BCUT2D eigenvalue weighted by Crippen LogP contribution is -2.06. The van der Waals surface area contributed by atoms with Gasteiger partial charge in [-0.3, -0.25) is 4.79 Å². The maximum Gasteiger partial charge on any atom is 0.260 e. The van der Waals surface area contributed by atoms with E-state index >= 15 is 0 Å². The zero-order valence-corrected chi connectivity index (χ0v) is 15.5. The SMILES string of the molecule is COC(=C1C(=O)Nc2ccc(-c3c(F)cccc3OC)cc21)c1ccccc1. The smallest absolute Gasteiger partial charge is 0.260 e. The molecule has 28 heavy (non-hydrogen) atoms. The summed E-state index contributed by atoms with van der Waals surface area (Å²) in [6.45, 7) is 0. The number of anilines is 1. The molecule has 1 N–H and O–H groups in total. The van der Waals surface area contributed by atoms with Gasteiger partial charge < -0.3 is 14.8 Å². The van der Waals surface area contributed by atoms with Crippen molar-refractivity contribution < 1.29 is 18.7 Å². The van der Waals surface area contributed by atoms with E-state index in [1.807, 2.05) is 30.3 Å². The van der Waals surface area contributed by atoms with E-state index < -0.39 is 5.82 Å². The number of carbonyl (C=O) groups excluding carboxylic acids is 1. The zero-order valence-electron chi connectivity index (χ0n) is 15.5. The summed E-state index contributed by atoms with van der Waals surface area (Å²) in [7, 11) is 3.03. The Bertz CT molecular complexity index is 1090. The molecule has 1 aliphatic rings. The summed E-state index contributed by atoms with van der Waals surface area (Å²) >= 11 is 0. The molecule has 0 atom stereocenters. The molecule has 4 nitrogen and oxygen atoms in total. The van der Waals surface area contributed by atoms with Crippen molar-refractivity contribution in [3.8, 4) is 16.9 Å². The number of halogens is 1. The van der Waals surface area contributed by atoms with E-state index in [0.717, 1.165) is 5.56 Å². The van der Waals surface area contributed by atoms with Gasteiger partial charge in [-0.1, -0.05) is 42.5 Å². The summed E-state index contributed by atoms with van der Waals surface area (Å²) in [6.07, 6.45) is 0. The van der Waals surface area contributed by atoms with E-state index in [0.29, 0.717) is 39.5 Å². The molecule has 4 rings (SSSR count). The fourth-order valence-corrected chi connectivity index (χ4v) is 3.46. The molecule has 5 heteroatoms. The van der Waals surface area contributed by atoms with Gasteiger partial charge in [0.25, 0.3) is 5.91 Å². The number of nitrogens with one attached hydrogen (secondary N) is 1. The third-order valence-electron chi connectivity index (χ3n) is 4.72. The molecule has 0 saturated heterocycles. The minimum Gasteiger partial charge on any atom is -0.496 e. The molecule has 0 aromatic heterocycles. The van der Waals surface area contributed by atoms with Crippen LogP contribution < -0.4 is 10.1 Å². The molecule has 0 unspecified atom stereocenters. The molecule has 0 radical (unpaired) electrons. The Morgan fingerprint density at radius 2 is 1.75 bits per heavy atom. The summed E-state index contributed by atoms with van der Waals surface area (Å²) in [4.78, 5) is 12.7. The van der Waals surface area contributed by atoms with Crippen molar-refractivity contribution in [1.29, 1.82) is 0 Å². The highest BCUT2D eigenvalue weighted by Gasteiger charge is 2.30. The van der Waals surface area contributed by atoms with Crippen LogP contribution in [0.25, 0.3) is 22.5 Å². The second kappa shape index (κ2) is 7.19. The third kappa shape index (κ3) is 2.91. The number of ether oxygens (including phenoxy) is 2. The number of amides is 1. The maximum atomic E-state index is 14.5. The molecule has 3 aromatic carbocycles. The Kier molecular flexibility index (Phi) is 4.57. The quantitative estimate of drug-likeness (QED) is 0.517. The van der Waals surface area contributed by atoms with Gasteiger partial charge in [0.05, 0.1) is 25.4 Å². The molecule has 0 spiro atoms. The number of hydrogen-bond donors (Lipinski definition) is 1. The van der Waals surface area contributed by atoms with E-state index in [1.165, 1.54) is 20.3 Å². The molecule has 3 aromatic rings. The zero-order chi connectivity index (χ0) is 19.7. The first-order valence-corrected chi connectivity index (χ1v) is 8.76. The average molecular weight is 375 g/mol. The summed E-state index contributed by atoms with van der Waals surface area (Å²) in [5, 5.41) is 2.85. The van der Waals surface area contributed by atoms with Crippen LogP contribution in [0.4, 0.5) is 10.1 Å². The highest BCUT2D eigenvalue weighted by atomic mass is 19.1. The van der Waals surface area contributed by atoms with Gasteiger partial charge in [-0.25, -0.2) is 4.39 Å². The predicted octanol–water partition coefficient (Wildman–Crippen LogP) is 4.97. The number of rotatable bonds is 4. The van der Waals surface area contributed by atoms with Crippen LogP contribution in [0.5, 0.6) is 5.75 Å². The van der Waals surface area contributed by atoms with Crippen molar-refractivity contribution in [2.75, 3.05) is 19.5 Å². The van der Waals surface area contributed by atoms with Crippen molar-refractivity contribution in [3.05, 3.63) is 83.7 Å². The van der Waals surface area contributed by atoms with Gasteiger partial charge in [0.2, 0.25) is 0 Å². The molecule has 140 valence electrons. The number of benzene rings is 3. The number of carbonyl (C=O) groups is 1. The van der Waals surface area contributed by atoms with Gasteiger partial charge in [0, 0.05) is 16.8 Å². The second-order valence-electron chi connectivity index (χ2n) is 6.31. The second-order valence-corrected chi connectivity index (χ2v) is 6.31. The van der Waals surface area contributed by atoms with E-state index in [2.05, 4.69) is 5.32 Å². The molecule has 0 bridgehead atoms. The molecule has 0 saturated carbocycles. The van der Waals surface area contributed by atoms with Crippen molar-refractivity contribution in [2.45, 2.75) is 0 Å². The van der Waals surface area contributed by atoms with Crippen LogP contribution in [0.15, 0.2) is 66.7 Å². The first-order valence-electron chi connectivity index (χ1n) is 8.76. The Hall–Kier alpha value is -3.60. The van der Waals surface area contributed by atoms with E-state index in [4.69, 9.17) is 9.47 Å². The molecule has 0 fully saturated rings. The first-order chi connectivity index (χ1) is 13.6. The molecule has 0 aliphatic carbocycles. The van der Waals surface area contributed by atoms with Crippen LogP contribution in [0.3, 0.4) is 0 Å². The molecule has 1 amide bonds. The number of methoxy groups -OCH3 is 2. The number of hydrogen-bond acceptors (Lipinski definition) is 3. The Morgan fingerprint density at radius 3 is 2.46 bits per heavy atom. The highest BCUT2D eigenvalue weighted by molar-refractivity contribution is 6.36. The summed E-state index contributed by atoms with van der Waals surface area (Å²) in [6, 6.07) is 19.4. The third-order valence-corrected chi connectivity index (χ3v) is 4.72. The topological polar surface area (TPSA) is 47.6 Å². The summed E-state index contributed by atoms with van der Waals surface area (Å²) < 4.78 is 25.4. The Balaban J connectivity index is 1.93. The lowest BCUT2D eigenvalue weighted by atomic mass is 9.96. The Morgan fingerprint density at radius 1 is 0.964 bits per heavy atom. The molecular weight excluding hydrogens is 357 g/mol. The monoisotopic (exact) mass is 375 g/mol. The van der Waals surface area contributed by atoms with Crippen LogP contribution in [0.1, 0.15) is 11.1 Å². The highest BCUT2D eigenvalue weighted by Crippen LogP contribution is 2.41. The number of fused-ring (bicyclic) bond motifs is 1. The molecule has 1 aliphatic heterocycles. The van der Waals surface area contributed by atoms with Gasteiger partial charge in [-0.05, 0) is 29.8 Å². The van der Waals surface area contributed by atoms with Crippen molar-refractivity contribution >= 4 is 22.9 Å². The van der Waals surface area contributed by atoms with Gasteiger partial charge in [0.1, 0.15) is 17.3 Å². The maximum absolute atomic E-state index is 14.5. The fraction of sp³-hybridized carbons (Fsp3) is 0.0870. The van der Waals surface area contributed by atoms with Crippen LogP contribution >= 0.6 is 0 Å². The van der Waals surface area contributed by atoms with E-state index in [-0.39, 0.29) is 5.91 Å². The van der Waals surface area contributed by atoms with Crippen molar-refractivity contribution in [3.63, 3.8) is 0 Å². The van der Waals surface area contributed by atoms with E-state index in [9.17, 15) is 9.18 Å². The van der Waals surface area contributed by atoms with Crippen LogP contribution in [0, 0.1) is 5.82 Å². The van der Waals surface area contributed by atoms with Crippen LogP contribution in [-0.2, 0) is 9.53 Å². The normalized spacial score (nSPS) is 14.3. The average Bonchev–Trinajstić information content (AvgIpc) is 3.04. The van der Waals surface area contributed by atoms with Gasteiger partial charge >= 0.3 is 0 Å². The minimum atomic E-state index is -0.392. The lowest BCUT2D eigenvalue weighted by molar-refractivity contribution is -0.110.